The molecular formula is C12H18N2O2. The highest BCUT2D eigenvalue weighted by atomic mass is 16.3. The maximum Gasteiger partial charge on any atom is 0.274 e. The van der Waals surface area contributed by atoms with Crippen molar-refractivity contribution in [2.24, 2.45) is 10.5 Å². The summed E-state index contributed by atoms with van der Waals surface area (Å²) in [7, 11) is 0. The predicted molar refractivity (Wildman–Crippen MR) is 63.5 cm³/mol. The number of furan rings is 1. The van der Waals surface area contributed by atoms with E-state index in [4.69, 9.17) is 4.42 Å². The standard InChI is InChI=1S/C12H18N2O2/c1-8-10(6-7-16-8)11(15)14-13-9(2)12(3,4)5/h6-7H,1-5H3,(H,14,15)/b13-9-. The fraction of sp³-hybridized carbons (Fsp3) is 0.500. The lowest BCUT2D eigenvalue weighted by Gasteiger charge is -2.17. The molecule has 1 N–H and O–H groups in total. The van der Waals surface area contributed by atoms with E-state index in [1.807, 2.05) is 27.7 Å². The first-order valence-electron chi connectivity index (χ1n) is 5.21. The molecule has 1 amide bonds. The number of amides is 1. The summed E-state index contributed by atoms with van der Waals surface area (Å²) >= 11 is 0. The molecule has 0 saturated carbocycles. The van der Waals surface area contributed by atoms with Gasteiger partial charge in [0.25, 0.3) is 5.91 Å². The number of nitrogens with zero attached hydrogens (tertiary/aromatic N) is 1. The third kappa shape index (κ3) is 2.95. The Morgan fingerprint density at radius 2 is 2.06 bits per heavy atom. The quantitative estimate of drug-likeness (QED) is 0.618. The van der Waals surface area contributed by atoms with E-state index >= 15 is 0 Å². The molecule has 0 aliphatic rings. The molecule has 0 fully saturated rings. The summed E-state index contributed by atoms with van der Waals surface area (Å²) in [5, 5.41) is 4.07. The van der Waals surface area contributed by atoms with Crippen LogP contribution in [0.4, 0.5) is 0 Å². The summed E-state index contributed by atoms with van der Waals surface area (Å²) in [6.45, 7) is 9.76. The van der Waals surface area contributed by atoms with Gasteiger partial charge in [-0.15, -0.1) is 0 Å². The molecule has 0 aromatic carbocycles. The summed E-state index contributed by atoms with van der Waals surface area (Å²) in [6.07, 6.45) is 1.49. The second kappa shape index (κ2) is 4.51. The van der Waals surface area contributed by atoms with E-state index in [0.29, 0.717) is 11.3 Å². The molecule has 1 aromatic rings. The summed E-state index contributed by atoms with van der Waals surface area (Å²) in [4.78, 5) is 11.7. The van der Waals surface area contributed by atoms with Gasteiger partial charge in [0.2, 0.25) is 0 Å². The van der Waals surface area contributed by atoms with Gasteiger partial charge in [-0.2, -0.15) is 5.10 Å². The molecular weight excluding hydrogens is 204 g/mol. The van der Waals surface area contributed by atoms with Crippen molar-refractivity contribution in [3.05, 3.63) is 23.7 Å². The topological polar surface area (TPSA) is 54.6 Å². The van der Waals surface area contributed by atoms with E-state index in [1.54, 1.807) is 13.0 Å². The number of carbonyl (C=O) groups excluding carboxylic acids is 1. The van der Waals surface area contributed by atoms with Crippen molar-refractivity contribution < 1.29 is 9.21 Å². The molecule has 0 atom stereocenters. The van der Waals surface area contributed by atoms with E-state index in [0.717, 1.165) is 5.71 Å². The molecule has 16 heavy (non-hydrogen) atoms. The highest BCUT2D eigenvalue weighted by molar-refractivity contribution is 5.96. The van der Waals surface area contributed by atoms with Crippen LogP contribution in [0.3, 0.4) is 0 Å². The van der Waals surface area contributed by atoms with Crippen molar-refractivity contribution in [2.45, 2.75) is 34.6 Å². The number of nitrogens with one attached hydrogen (secondary N) is 1. The van der Waals surface area contributed by atoms with Crippen LogP contribution < -0.4 is 5.43 Å². The zero-order chi connectivity index (χ0) is 12.3. The van der Waals surface area contributed by atoms with Crippen LogP contribution >= 0.6 is 0 Å². The minimum atomic E-state index is -0.241. The maximum atomic E-state index is 11.7. The second-order valence-electron chi connectivity index (χ2n) is 4.78. The fourth-order valence-electron chi connectivity index (χ4n) is 0.983. The molecule has 1 heterocycles. The number of aryl methyl sites for hydroxylation is 1. The number of rotatable bonds is 2. The first-order valence-corrected chi connectivity index (χ1v) is 5.21. The van der Waals surface area contributed by atoms with Crippen LogP contribution in [0, 0.1) is 12.3 Å². The normalized spacial score (nSPS) is 12.7. The Hall–Kier alpha value is -1.58. The lowest BCUT2D eigenvalue weighted by atomic mass is 9.91. The summed E-state index contributed by atoms with van der Waals surface area (Å²) in [5.41, 5.74) is 3.87. The van der Waals surface area contributed by atoms with Crippen LogP contribution in [-0.4, -0.2) is 11.6 Å². The van der Waals surface area contributed by atoms with E-state index < -0.39 is 0 Å². The average molecular weight is 222 g/mol. The zero-order valence-electron chi connectivity index (χ0n) is 10.4. The van der Waals surface area contributed by atoms with Crippen molar-refractivity contribution in [3.8, 4) is 0 Å². The molecule has 0 unspecified atom stereocenters. The Kier molecular flexibility index (Phi) is 3.52. The SMILES string of the molecule is C/C(=N/NC(=O)c1ccoc1C)C(C)(C)C. The van der Waals surface area contributed by atoms with Crippen molar-refractivity contribution in [2.75, 3.05) is 0 Å². The molecule has 0 saturated heterocycles. The van der Waals surface area contributed by atoms with Crippen LogP contribution in [0.2, 0.25) is 0 Å². The lowest BCUT2D eigenvalue weighted by Crippen LogP contribution is -2.24. The van der Waals surface area contributed by atoms with E-state index in [2.05, 4.69) is 10.5 Å². The first kappa shape index (κ1) is 12.5. The van der Waals surface area contributed by atoms with Crippen LogP contribution in [-0.2, 0) is 0 Å². The first-order chi connectivity index (χ1) is 7.32. The van der Waals surface area contributed by atoms with Crippen molar-refractivity contribution in [3.63, 3.8) is 0 Å². The molecule has 1 aromatic heterocycles. The van der Waals surface area contributed by atoms with E-state index in [1.165, 1.54) is 6.26 Å². The fourth-order valence-corrected chi connectivity index (χ4v) is 0.983. The van der Waals surface area contributed by atoms with Crippen molar-refractivity contribution in [1.82, 2.24) is 5.43 Å². The van der Waals surface area contributed by atoms with Gasteiger partial charge >= 0.3 is 0 Å². The second-order valence-corrected chi connectivity index (χ2v) is 4.78. The van der Waals surface area contributed by atoms with Crippen LogP contribution in [0.25, 0.3) is 0 Å². The van der Waals surface area contributed by atoms with E-state index in [-0.39, 0.29) is 11.3 Å². The van der Waals surface area contributed by atoms with Crippen LogP contribution in [0.5, 0.6) is 0 Å². The molecule has 88 valence electrons. The molecule has 0 radical (unpaired) electrons. The summed E-state index contributed by atoms with van der Waals surface area (Å²) in [5.74, 6) is 0.357. The monoisotopic (exact) mass is 222 g/mol. The number of carbonyl (C=O) groups is 1. The average Bonchev–Trinajstić information content (AvgIpc) is 2.58. The van der Waals surface area contributed by atoms with Gasteiger partial charge < -0.3 is 4.42 Å². The van der Waals surface area contributed by atoms with Crippen LogP contribution in [0.15, 0.2) is 21.8 Å². The van der Waals surface area contributed by atoms with Gasteiger partial charge in [0.1, 0.15) is 5.76 Å². The van der Waals surface area contributed by atoms with Gasteiger partial charge in [-0.25, -0.2) is 5.43 Å². The lowest BCUT2D eigenvalue weighted by molar-refractivity contribution is 0.0953. The minimum absolute atomic E-state index is 0.0429. The zero-order valence-corrected chi connectivity index (χ0v) is 10.4. The Labute approximate surface area is 95.7 Å². The van der Waals surface area contributed by atoms with Gasteiger partial charge in [-0.1, -0.05) is 20.8 Å². The van der Waals surface area contributed by atoms with Gasteiger partial charge in [-0.05, 0) is 19.9 Å². The highest BCUT2D eigenvalue weighted by Crippen LogP contribution is 2.15. The summed E-state index contributed by atoms with van der Waals surface area (Å²) in [6, 6.07) is 1.63. The molecule has 0 bridgehead atoms. The van der Waals surface area contributed by atoms with Gasteiger partial charge in [0, 0.05) is 11.1 Å². The molecule has 1 rings (SSSR count). The smallest absolute Gasteiger partial charge is 0.274 e. The van der Waals surface area contributed by atoms with Gasteiger partial charge in [-0.3, -0.25) is 4.79 Å². The third-order valence-corrected chi connectivity index (χ3v) is 2.51. The third-order valence-electron chi connectivity index (χ3n) is 2.51. The van der Waals surface area contributed by atoms with E-state index in [9.17, 15) is 4.79 Å². The van der Waals surface area contributed by atoms with Gasteiger partial charge in [0.05, 0.1) is 11.8 Å². The summed E-state index contributed by atoms with van der Waals surface area (Å²) < 4.78 is 5.05. The predicted octanol–water partition coefficient (Wildman–Crippen LogP) is 2.74. The Morgan fingerprint density at radius 3 is 2.50 bits per heavy atom. The Morgan fingerprint density at radius 1 is 1.44 bits per heavy atom. The number of hydrogen-bond acceptors (Lipinski definition) is 3. The molecule has 0 aliphatic carbocycles. The molecule has 0 spiro atoms. The highest BCUT2D eigenvalue weighted by Gasteiger charge is 2.15. The minimum Gasteiger partial charge on any atom is -0.469 e. The number of hydrazone groups is 1. The van der Waals surface area contributed by atoms with Gasteiger partial charge in [0.15, 0.2) is 0 Å². The molecule has 4 nitrogen and oxygen atoms in total. The number of hydrogen-bond donors (Lipinski definition) is 1. The largest absolute Gasteiger partial charge is 0.469 e. The van der Waals surface area contributed by atoms with Crippen molar-refractivity contribution >= 4 is 11.6 Å². The molecule has 0 aliphatic heterocycles. The van der Waals surface area contributed by atoms with Crippen LogP contribution in [0.1, 0.15) is 43.8 Å². The Bertz CT molecular complexity index is 411. The van der Waals surface area contributed by atoms with Crippen molar-refractivity contribution in [1.29, 1.82) is 0 Å². The Balaban J connectivity index is 2.71. The maximum absolute atomic E-state index is 11.7. The molecule has 4 heteroatoms.